The highest BCUT2D eigenvalue weighted by molar-refractivity contribution is 5.78. The average molecular weight is 348 g/mol. The van der Waals surface area contributed by atoms with E-state index in [1.165, 1.54) is 6.07 Å². The Morgan fingerprint density at radius 1 is 1.16 bits per heavy atom. The summed E-state index contributed by atoms with van der Waals surface area (Å²) >= 11 is 0. The number of likely N-dealkylation sites (tertiary alicyclic amines) is 1. The molecule has 0 spiro atoms. The number of rotatable bonds is 4. The number of ether oxygens (including phenoxy) is 1. The van der Waals surface area contributed by atoms with E-state index in [0.29, 0.717) is 23.7 Å². The van der Waals surface area contributed by atoms with Gasteiger partial charge in [0.15, 0.2) is 0 Å². The molecule has 0 aliphatic carbocycles. The van der Waals surface area contributed by atoms with Crippen LogP contribution in [0.3, 0.4) is 0 Å². The lowest BCUT2D eigenvalue weighted by Crippen LogP contribution is -2.48. The molecule has 1 aromatic rings. The highest BCUT2D eigenvalue weighted by Gasteiger charge is 2.28. The summed E-state index contributed by atoms with van der Waals surface area (Å²) in [6.45, 7) is 8.92. The van der Waals surface area contributed by atoms with Crippen LogP contribution in [0.4, 0.5) is 4.39 Å². The highest BCUT2D eigenvalue weighted by atomic mass is 19.1. The van der Waals surface area contributed by atoms with Gasteiger partial charge in [0.05, 0.1) is 18.6 Å². The molecular weight excluding hydrogens is 319 g/mol. The van der Waals surface area contributed by atoms with Gasteiger partial charge in [-0.1, -0.05) is 18.2 Å². The highest BCUT2D eigenvalue weighted by Crippen LogP contribution is 2.21. The lowest BCUT2D eigenvalue weighted by atomic mass is 9.95. The third-order valence-electron chi connectivity index (χ3n) is 5.28. The van der Waals surface area contributed by atoms with Crippen molar-refractivity contribution in [2.45, 2.75) is 45.3 Å². The predicted molar refractivity (Wildman–Crippen MR) is 95.9 cm³/mol. The van der Waals surface area contributed by atoms with Gasteiger partial charge in [0, 0.05) is 32.7 Å². The van der Waals surface area contributed by atoms with E-state index in [1.807, 2.05) is 4.90 Å². The lowest BCUT2D eigenvalue weighted by Gasteiger charge is -2.39. The third-order valence-corrected chi connectivity index (χ3v) is 5.28. The summed E-state index contributed by atoms with van der Waals surface area (Å²) in [7, 11) is 0. The predicted octanol–water partition coefficient (Wildman–Crippen LogP) is 2.72. The van der Waals surface area contributed by atoms with Crippen LogP contribution in [0.1, 0.15) is 32.3 Å². The molecule has 2 fully saturated rings. The summed E-state index contributed by atoms with van der Waals surface area (Å²) in [5, 5.41) is 0. The second-order valence-electron chi connectivity index (χ2n) is 7.57. The number of hydrogen-bond donors (Lipinski definition) is 0. The molecule has 2 heterocycles. The summed E-state index contributed by atoms with van der Waals surface area (Å²) in [6, 6.07) is 6.55. The first-order valence-electron chi connectivity index (χ1n) is 9.40. The quantitative estimate of drug-likeness (QED) is 0.839. The van der Waals surface area contributed by atoms with E-state index >= 15 is 0 Å². The van der Waals surface area contributed by atoms with Crippen molar-refractivity contribution in [3.8, 4) is 0 Å². The third kappa shape index (κ3) is 5.02. The molecule has 0 bridgehead atoms. The van der Waals surface area contributed by atoms with Crippen LogP contribution in [0, 0.1) is 11.7 Å². The topological polar surface area (TPSA) is 32.8 Å². The molecule has 0 saturated carbocycles. The van der Waals surface area contributed by atoms with E-state index in [2.05, 4.69) is 18.7 Å². The van der Waals surface area contributed by atoms with Crippen LogP contribution in [-0.4, -0.2) is 60.6 Å². The molecule has 1 aromatic carbocycles. The Labute approximate surface area is 149 Å². The van der Waals surface area contributed by atoms with Crippen LogP contribution >= 0.6 is 0 Å². The van der Waals surface area contributed by atoms with Gasteiger partial charge in [-0.25, -0.2) is 4.39 Å². The van der Waals surface area contributed by atoms with Crippen LogP contribution in [0.25, 0.3) is 0 Å². The first-order chi connectivity index (χ1) is 12.0. The van der Waals surface area contributed by atoms with E-state index in [-0.39, 0.29) is 18.1 Å². The molecular formula is C20H29FN2O2. The van der Waals surface area contributed by atoms with E-state index in [1.54, 1.807) is 18.2 Å². The maximum absolute atomic E-state index is 13.7. The van der Waals surface area contributed by atoms with Crippen LogP contribution < -0.4 is 0 Å². The maximum atomic E-state index is 13.7. The average Bonchev–Trinajstić information content (AvgIpc) is 2.56. The Morgan fingerprint density at radius 3 is 2.44 bits per heavy atom. The Kier molecular flexibility index (Phi) is 6.07. The Balaban J connectivity index is 1.45. The zero-order valence-electron chi connectivity index (χ0n) is 15.3. The largest absolute Gasteiger partial charge is 0.373 e. The van der Waals surface area contributed by atoms with Gasteiger partial charge in [0.1, 0.15) is 5.82 Å². The number of carbonyl (C=O) groups excluding carboxylic acids is 1. The van der Waals surface area contributed by atoms with Gasteiger partial charge in [-0.2, -0.15) is 0 Å². The summed E-state index contributed by atoms with van der Waals surface area (Å²) < 4.78 is 19.5. The van der Waals surface area contributed by atoms with Crippen LogP contribution in [0.2, 0.25) is 0 Å². The molecule has 5 heteroatoms. The van der Waals surface area contributed by atoms with Crippen molar-refractivity contribution in [1.29, 1.82) is 0 Å². The van der Waals surface area contributed by atoms with Crippen LogP contribution in [0.15, 0.2) is 24.3 Å². The normalized spacial score (nSPS) is 26.0. The fourth-order valence-corrected chi connectivity index (χ4v) is 4.08. The number of morpholine rings is 1. The van der Waals surface area contributed by atoms with Crippen molar-refractivity contribution < 1.29 is 13.9 Å². The molecule has 2 saturated heterocycles. The molecule has 2 aliphatic heterocycles. The van der Waals surface area contributed by atoms with Gasteiger partial charge in [0.25, 0.3) is 0 Å². The molecule has 1 amide bonds. The zero-order chi connectivity index (χ0) is 17.8. The van der Waals surface area contributed by atoms with Gasteiger partial charge in [-0.15, -0.1) is 0 Å². The number of nitrogens with zero attached hydrogens (tertiary/aromatic N) is 2. The minimum absolute atomic E-state index is 0.0390. The smallest absolute Gasteiger partial charge is 0.227 e. The number of piperidine rings is 1. The molecule has 0 aromatic heterocycles. The first-order valence-corrected chi connectivity index (χ1v) is 9.40. The molecule has 3 rings (SSSR count). The second-order valence-corrected chi connectivity index (χ2v) is 7.57. The minimum Gasteiger partial charge on any atom is -0.373 e. The Hall–Kier alpha value is -1.46. The first kappa shape index (κ1) is 18.3. The van der Waals surface area contributed by atoms with E-state index in [9.17, 15) is 9.18 Å². The fraction of sp³-hybridized carbons (Fsp3) is 0.650. The standard InChI is InChI=1S/C20H29FN2O2/c1-15-12-22(13-16(2)25-15)14-17-7-9-23(10-8-17)20(24)11-18-5-3-4-6-19(18)21/h3-6,15-17H,7-14H2,1-2H3/t15-,16+. The molecule has 138 valence electrons. The zero-order valence-corrected chi connectivity index (χ0v) is 15.3. The number of halogens is 1. The summed E-state index contributed by atoms with van der Waals surface area (Å²) in [5.74, 6) is 0.383. The fourth-order valence-electron chi connectivity index (χ4n) is 4.08. The van der Waals surface area contributed by atoms with Crippen molar-refractivity contribution >= 4 is 5.91 Å². The number of carbonyl (C=O) groups is 1. The SMILES string of the molecule is C[C@@H]1CN(CC2CCN(C(=O)Cc3ccccc3F)CC2)C[C@H](C)O1. The van der Waals surface area contributed by atoms with Gasteiger partial charge in [-0.05, 0) is 44.2 Å². The summed E-state index contributed by atoms with van der Waals surface area (Å²) in [6.07, 6.45) is 2.82. The summed E-state index contributed by atoms with van der Waals surface area (Å²) in [5.41, 5.74) is 0.492. The molecule has 0 N–H and O–H groups in total. The van der Waals surface area contributed by atoms with E-state index in [0.717, 1.165) is 45.6 Å². The van der Waals surface area contributed by atoms with Gasteiger partial charge in [0.2, 0.25) is 5.91 Å². The van der Waals surface area contributed by atoms with Crippen LogP contribution in [0.5, 0.6) is 0 Å². The number of hydrogen-bond acceptors (Lipinski definition) is 3. The van der Waals surface area contributed by atoms with E-state index < -0.39 is 0 Å². The molecule has 4 nitrogen and oxygen atoms in total. The number of benzene rings is 1. The minimum atomic E-state index is -0.290. The monoisotopic (exact) mass is 348 g/mol. The van der Waals surface area contributed by atoms with Crippen LogP contribution in [-0.2, 0) is 16.0 Å². The number of amides is 1. The molecule has 0 unspecified atom stereocenters. The van der Waals surface area contributed by atoms with Crippen molar-refractivity contribution in [2.24, 2.45) is 5.92 Å². The second kappa shape index (κ2) is 8.28. The molecule has 2 aliphatic rings. The van der Waals surface area contributed by atoms with Gasteiger partial charge >= 0.3 is 0 Å². The van der Waals surface area contributed by atoms with Gasteiger partial charge in [-0.3, -0.25) is 9.69 Å². The Bertz CT molecular complexity index is 577. The molecule has 2 atom stereocenters. The molecule has 25 heavy (non-hydrogen) atoms. The lowest BCUT2D eigenvalue weighted by molar-refractivity contribution is -0.132. The summed E-state index contributed by atoms with van der Waals surface area (Å²) in [4.78, 5) is 16.8. The molecule has 0 radical (unpaired) electrons. The Morgan fingerprint density at radius 2 is 1.80 bits per heavy atom. The van der Waals surface area contributed by atoms with Crippen molar-refractivity contribution in [3.63, 3.8) is 0 Å². The maximum Gasteiger partial charge on any atom is 0.227 e. The van der Waals surface area contributed by atoms with Crippen molar-refractivity contribution in [3.05, 3.63) is 35.6 Å². The van der Waals surface area contributed by atoms with E-state index in [4.69, 9.17) is 4.74 Å². The van der Waals surface area contributed by atoms with Gasteiger partial charge < -0.3 is 9.64 Å². The van der Waals surface area contributed by atoms with Crippen molar-refractivity contribution in [2.75, 3.05) is 32.7 Å². The van der Waals surface area contributed by atoms with Crippen molar-refractivity contribution in [1.82, 2.24) is 9.80 Å².